The van der Waals surface area contributed by atoms with Gasteiger partial charge in [-0.3, -0.25) is 4.79 Å². The lowest BCUT2D eigenvalue weighted by atomic mass is 9.84. The van der Waals surface area contributed by atoms with Gasteiger partial charge in [-0.25, -0.2) is 0 Å². The number of nitrogens with two attached hydrogens (primary N) is 1. The fraction of sp³-hybridized carbons (Fsp3) is 0.588. The lowest BCUT2D eigenvalue weighted by Crippen LogP contribution is -2.40. The van der Waals surface area contributed by atoms with Crippen molar-refractivity contribution >= 4 is 18.3 Å². The molecule has 0 saturated carbocycles. The first-order valence-corrected chi connectivity index (χ1v) is 7.96. The third-order valence-corrected chi connectivity index (χ3v) is 4.36. The fourth-order valence-corrected chi connectivity index (χ4v) is 3.46. The quantitative estimate of drug-likeness (QED) is 0.844. The number of halogens is 1. The summed E-state index contributed by atoms with van der Waals surface area (Å²) in [5, 5.41) is 9.87. The molecule has 1 unspecified atom stereocenters. The summed E-state index contributed by atoms with van der Waals surface area (Å²) >= 11 is 0. The van der Waals surface area contributed by atoms with Crippen molar-refractivity contribution in [3.8, 4) is 5.75 Å². The van der Waals surface area contributed by atoms with E-state index in [-0.39, 0.29) is 18.2 Å². The maximum absolute atomic E-state index is 11.6. The zero-order chi connectivity index (χ0) is 15.4. The van der Waals surface area contributed by atoms with Gasteiger partial charge in [0, 0.05) is 6.04 Å². The maximum atomic E-state index is 11.6. The number of hydrogen-bond donors (Lipinski definition) is 2. The number of nitrogens with zero attached hydrogens (tertiary/aromatic N) is 1. The fourth-order valence-electron chi connectivity index (χ4n) is 3.46. The molecule has 22 heavy (non-hydrogen) atoms. The third-order valence-electron chi connectivity index (χ3n) is 4.36. The number of aromatic hydroxyl groups is 1. The summed E-state index contributed by atoms with van der Waals surface area (Å²) in [5.74, 6) is -0.513. The molecule has 1 amide bonds. The van der Waals surface area contributed by atoms with E-state index in [2.05, 4.69) is 18.7 Å². The van der Waals surface area contributed by atoms with Gasteiger partial charge in [0.25, 0.3) is 5.91 Å². The number of hydrogen-bond acceptors (Lipinski definition) is 3. The van der Waals surface area contributed by atoms with Gasteiger partial charge in [-0.15, -0.1) is 12.4 Å². The van der Waals surface area contributed by atoms with E-state index in [9.17, 15) is 9.90 Å². The molecule has 124 valence electrons. The third kappa shape index (κ3) is 3.93. The highest BCUT2D eigenvalue weighted by Crippen LogP contribution is 2.32. The summed E-state index contributed by atoms with van der Waals surface area (Å²) in [7, 11) is 0. The van der Waals surface area contributed by atoms with Crippen LogP contribution in [0.4, 0.5) is 0 Å². The van der Waals surface area contributed by atoms with E-state index >= 15 is 0 Å². The molecule has 0 fully saturated rings. The van der Waals surface area contributed by atoms with Crippen LogP contribution in [-0.2, 0) is 12.8 Å². The molecule has 0 saturated heterocycles. The number of fused-ring (bicyclic) bond motifs is 1. The Labute approximate surface area is 139 Å². The number of benzene rings is 1. The lowest BCUT2D eigenvalue weighted by Gasteiger charge is -2.35. The van der Waals surface area contributed by atoms with Crippen molar-refractivity contribution in [1.29, 1.82) is 0 Å². The minimum atomic E-state index is -0.526. The van der Waals surface area contributed by atoms with Crippen LogP contribution in [-0.4, -0.2) is 35.0 Å². The highest BCUT2D eigenvalue weighted by atomic mass is 35.5. The molecule has 0 radical (unpaired) electrons. The molecule has 3 N–H and O–H groups in total. The van der Waals surface area contributed by atoms with Gasteiger partial charge in [0.15, 0.2) is 0 Å². The molecule has 4 nitrogen and oxygen atoms in total. The first-order valence-electron chi connectivity index (χ1n) is 7.96. The molecule has 0 bridgehead atoms. The van der Waals surface area contributed by atoms with Crippen LogP contribution in [0.1, 0.15) is 54.6 Å². The Kier molecular flexibility index (Phi) is 7.17. The molecule has 5 heteroatoms. The van der Waals surface area contributed by atoms with Crippen LogP contribution in [0.3, 0.4) is 0 Å². The molecule has 0 aromatic heterocycles. The Hall–Kier alpha value is -1.26. The topological polar surface area (TPSA) is 66.6 Å². The van der Waals surface area contributed by atoms with Crippen LogP contribution in [0.25, 0.3) is 0 Å². The lowest BCUT2D eigenvalue weighted by molar-refractivity contribution is 0.0995. The molecule has 1 aromatic carbocycles. The molecule has 0 heterocycles. The Bertz CT molecular complexity index is 514. The van der Waals surface area contributed by atoms with Crippen LogP contribution >= 0.6 is 12.4 Å². The van der Waals surface area contributed by atoms with E-state index in [1.165, 1.54) is 0 Å². The van der Waals surface area contributed by atoms with E-state index in [0.29, 0.717) is 11.6 Å². The largest absolute Gasteiger partial charge is 0.507 e. The molecule has 2 rings (SSSR count). The van der Waals surface area contributed by atoms with Crippen molar-refractivity contribution in [2.75, 3.05) is 13.1 Å². The van der Waals surface area contributed by atoms with Gasteiger partial charge in [-0.2, -0.15) is 0 Å². The van der Waals surface area contributed by atoms with Gasteiger partial charge in [0.1, 0.15) is 5.75 Å². The standard InChI is InChI=1S/C17H26N2O2.ClH/c1-3-9-19(10-4-2)13-6-7-14-12(11-13)5-8-15(20)16(14)17(18)21;/h5,8,13,20H,3-4,6-7,9-11H2,1-2H3,(H2,18,21);1H. The molecule has 1 aromatic rings. The normalized spacial score (nSPS) is 17.0. The summed E-state index contributed by atoms with van der Waals surface area (Å²) in [6.07, 6.45) is 5.10. The van der Waals surface area contributed by atoms with E-state index in [1.807, 2.05) is 6.07 Å². The van der Waals surface area contributed by atoms with Gasteiger partial charge in [0.05, 0.1) is 5.56 Å². The first-order chi connectivity index (χ1) is 10.1. The number of rotatable bonds is 6. The Morgan fingerprint density at radius 3 is 2.50 bits per heavy atom. The predicted molar refractivity (Wildman–Crippen MR) is 91.8 cm³/mol. The van der Waals surface area contributed by atoms with Crippen molar-refractivity contribution in [1.82, 2.24) is 4.90 Å². The molecule has 1 aliphatic carbocycles. The van der Waals surface area contributed by atoms with E-state index < -0.39 is 5.91 Å². The van der Waals surface area contributed by atoms with Crippen LogP contribution in [0.2, 0.25) is 0 Å². The second-order valence-corrected chi connectivity index (χ2v) is 5.89. The van der Waals surface area contributed by atoms with E-state index in [0.717, 1.165) is 56.3 Å². The van der Waals surface area contributed by atoms with Crippen LogP contribution in [0.15, 0.2) is 12.1 Å². The molecule has 1 aliphatic rings. The highest BCUT2D eigenvalue weighted by molar-refractivity contribution is 5.97. The zero-order valence-electron chi connectivity index (χ0n) is 13.5. The van der Waals surface area contributed by atoms with Crippen molar-refractivity contribution in [2.24, 2.45) is 5.73 Å². The SMILES string of the molecule is CCCN(CCC)C1CCc2c(ccc(O)c2C(N)=O)C1.Cl. The van der Waals surface area contributed by atoms with Gasteiger partial charge in [0.2, 0.25) is 0 Å². The van der Waals surface area contributed by atoms with Gasteiger partial charge in [-0.1, -0.05) is 19.9 Å². The van der Waals surface area contributed by atoms with Crippen LogP contribution < -0.4 is 5.73 Å². The monoisotopic (exact) mass is 326 g/mol. The van der Waals surface area contributed by atoms with Crippen molar-refractivity contribution in [3.63, 3.8) is 0 Å². The second-order valence-electron chi connectivity index (χ2n) is 5.89. The van der Waals surface area contributed by atoms with Gasteiger partial charge < -0.3 is 15.7 Å². The molecule has 0 aliphatic heterocycles. The molecular weight excluding hydrogens is 300 g/mol. The number of phenols is 1. The van der Waals surface area contributed by atoms with Crippen LogP contribution in [0, 0.1) is 0 Å². The molecule has 0 spiro atoms. The Morgan fingerprint density at radius 2 is 1.95 bits per heavy atom. The summed E-state index contributed by atoms with van der Waals surface area (Å²) in [4.78, 5) is 14.1. The van der Waals surface area contributed by atoms with Crippen molar-refractivity contribution < 1.29 is 9.90 Å². The number of carbonyl (C=O) groups is 1. The Morgan fingerprint density at radius 1 is 1.32 bits per heavy atom. The molecule has 1 atom stereocenters. The van der Waals surface area contributed by atoms with Crippen molar-refractivity contribution in [3.05, 3.63) is 28.8 Å². The highest BCUT2D eigenvalue weighted by Gasteiger charge is 2.27. The maximum Gasteiger partial charge on any atom is 0.252 e. The number of primary amides is 1. The van der Waals surface area contributed by atoms with Crippen molar-refractivity contribution in [2.45, 2.75) is 52.0 Å². The minimum absolute atomic E-state index is 0. The number of carbonyl (C=O) groups excluding carboxylic acids is 1. The predicted octanol–water partition coefficient (Wildman–Crippen LogP) is 2.89. The molecular formula is C17H27ClN2O2. The Balaban J connectivity index is 0.00000242. The summed E-state index contributed by atoms with van der Waals surface area (Å²) < 4.78 is 0. The summed E-state index contributed by atoms with van der Waals surface area (Å²) in [6.45, 7) is 6.66. The van der Waals surface area contributed by atoms with E-state index in [1.54, 1.807) is 6.07 Å². The average Bonchev–Trinajstić information content (AvgIpc) is 2.46. The van der Waals surface area contributed by atoms with Gasteiger partial charge >= 0.3 is 0 Å². The first kappa shape index (κ1) is 18.8. The minimum Gasteiger partial charge on any atom is -0.507 e. The smallest absolute Gasteiger partial charge is 0.252 e. The van der Waals surface area contributed by atoms with E-state index in [4.69, 9.17) is 5.73 Å². The van der Waals surface area contributed by atoms with Gasteiger partial charge in [-0.05, 0) is 62.4 Å². The second kappa shape index (κ2) is 8.39. The summed E-state index contributed by atoms with van der Waals surface area (Å²) in [6, 6.07) is 4.08. The number of amides is 1. The zero-order valence-corrected chi connectivity index (χ0v) is 14.3. The average molecular weight is 327 g/mol. The summed E-state index contributed by atoms with van der Waals surface area (Å²) in [5.41, 5.74) is 7.85. The van der Waals surface area contributed by atoms with Crippen LogP contribution in [0.5, 0.6) is 5.75 Å².